The second-order valence-electron chi connectivity index (χ2n) is 4.36. The molecule has 8 nitrogen and oxygen atoms in total. The molecule has 1 heterocycles. The van der Waals surface area contributed by atoms with E-state index < -0.39 is 33.0 Å². The zero-order valence-electron chi connectivity index (χ0n) is 11.2. The van der Waals surface area contributed by atoms with Gasteiger partial charge in [-0.3, -0.25) is 4.79 Å². The van der Waals surface area contributed by atoms with Gasteiger partial charge >= 0.3 is 5.97 Å². The van der Waals surface area contributed by atoms with E-state index in [-0.39, 0.29) is 11.7 Å². The molecule has 112 valence electrons. The van der Waals surface area contributed by atoms with E-state index in [9.17, 15) is 18.0 Å². The standard InChI is InChI=1S/C11H16N2O6S/c1-6(2)9(11(15)16)13-10(14)7-4-5-8(19-7)20(17,18)12-3/h4-6,9,12H,1-3H3,(H,13,14)(H,15,16)/t9-/m1/s1. The van der Waals surface area contributed by atoms with Gasteiger partial charge in [0, 0.05) is 0 Å². The van der Waals surface area contributed by atoms with Crippen molar-refractivity contribution in [1.29, 1.82) is 0 Å². The SMILES string of the molecule is CNS(=O)(=O)c1ccc(C(=O)N[C@@H](C(=O)O)C(C)C)o1. The lowest BCUT2D eigenvalue weighted by Gasteiger charge is -2.16. The largest absolute Gasteiger partial charge is 0.480 e. The van der Waals surface area contributed by atoms with Gasteiger partial charge in [0.15, 0.2) is 5.76 Å². The summed E-state index contributed by atoms with van der Waals surface area (Å²) in [6, 6.07) is 1.20. The fraction of sp³-hybridized carbons (Fsp3) is 0.455. The molecule has 9 heteroatoms. The highest BCUT2D eigenvalue weighted by Crippen LogP contribution is 2.14. The number of carboxylic acid groups (broad SMARTS) is 1. The van der Waals surface area contributed by atoms with Crippen molar-refractivity contribution in [3.05, 3.63) is 17.9 Å². The number of sulfonamides is 1. The lowest BCUT2D eigenvalue weighted by atomic mass is 10.0. The Morgan fingerprint density at radius 2 is 1.90 bits per heavy atom. The van der Waals surface area contributed by atoms with Gasteiger partial charge in [-0.25, -0.2) is 17.9 Å². The molecule has 0 saturated heterocycles. The van der Waals surface area contributed by atoms with Crippen molar-refractivity contribution in [3.63, 3.8) is 0 Å². The predicted octanol–water partition coefficient (Wildman–Crippen LogP) is 0.0267. The number of furan rings is 1. The topological polar surface area (TPSA) is 126 Å². The van der Waals surface area contributed by atoms with Gasteiger partial charge in [0.1, 0.15) is 6.04 Å². The van der Waals surface area contributed by atoms with Crippen molar-refractivity contribution < 1.29 is 27.5 Å². The van der Waals surface area contributed by atoms with Crippen LogP contribution in [-0.4, -0.2) is 38.5 Å². The molecule has 0 radical (unpaired) electrons. The molecule has 0 aromatic carbocycles. The smallest absolute Gasteiger partial charge is 0.326 e. The van der Waals surface area contributed by atoms with Crippen LogP contribution in [0.3, 0.4) is 0 Å². The molecule has 1 aromatic rings. The monoisotopic (exact) mass is 304 g/mol. The predicted molar refractivity (Wildman–Crippen MR) is 68.7 cm³/mol. The molecule has 20 heavy (non-hydrogen) atoms. The third-order valence-corrected chi connectivity index (χ3v) is 3.84. The third kappa shape index (κ3) is 3.58. The Kier molecular flexibility index (Phi) is 4.90. The molecule has 1 rings (SSSR count). The number of carbonyl (C=O) groups excluding carboxylic acids is 1. The van der Waals surface area contributed by atoms with Crippen LogP contribution in [0, 0.1) is 5.92 Å². The Labute approximate surface area is 116 Å². The van der Waals surface area contributed by atoms with E-state index >= 15 is 0 Å². The van der Waals surface area contributed by atoms with Gasteiger partial charge in [-0.15, -0.1) is 0 Å². The van der Waals surface area contributed by atoms with Gasteiger partial charge in [0.05, 0.1) is 0 Å². The molecule has 3 N–H and O–H groups in total. The Bertz CT molecular complexity index is 604. The van der Waals surface area contributed by atoms with Crippen molar-refractivity contribution in [2.45, 2.75) is 25.0 Å². The highest BCUT2D eigenvalue weighted by molar-refractivity contribution is 7.89. The summed E-state index contributed by atoms with van der Waals surface area (Å²) in [6.45, 7) is 3.27. The number of amides is 1. The lowest BCUT2D eigenvalue weighted by Crippen LogP contribution is -2.44. The van der Waals surface area contributed by atoms with Gasteiger partial charge in [0.25, 0.3) is 15.9 Å². The minimum absolute atomic E-state index is 0.272. The van der Waals surface area contributed by atoms with Crippen molar-refractivity contribution in [2.75, 3.05) is 7.05 Å². The number of hydrogen-bond donors (Lipinski definition) is 3. The van der Waals surface area contributed by atoms with Gasteiger partial charge in [0.2, 0.25) is 5.09 Å². The second-order valence-corrected chi connectivity index (χ2v) is 6.18. The molecule has 1 aromatic heterocycles. The highest BCUT2D eigenvalue weighted by Gasteiger charge is 2.26. The van der Waals surface area contributed by atoms with E-state index in [0.29, 0.717) is 0 Å². The summed E-state index contributed by atoms with van der Waals surface area (Å²) in [7, 11) is -2.58. The number of aliphatic carboxylic acids is 1. The Hall–Kier alpha value is -1.87. The van der Waals surface area contributed by atoms with E-state index in [1.807, 2.05) is 4.72 Å². The molecule has 0 fully saturated rings. The maximum Gasteiger partial charge on any atom is 0.326 e. The molecule has 1 amide bonds. The van der Waals surface area contributed by atoms with Gasteiger partial charge < -0.3 is 14.8 Å². The average molecular weight is 304 g/mol. The minimum atomic E-state index is -3.78. The zero-order chi connectivity index (χ0) is 15.5. The average Bonchev–Trinajstić information content (AvgIpc) is 2.85. The molecule has 1 atom stereocenters. The number of nitrogens with one attached hydrogen (secondary N) is 2. The normalized spacial score (nSPS) is 13.2. The highest BCUT2D eigenvalue weighted by atomic mass is 32.2. The zero-order valence-corrected chi connectivity index (χ0v) is 12.0. The summed E-state index contributed by atoms with van der Waals surface area (Å²) >= 11 is 0. The maximum atomic E-state index is 11.8. The summed E-state index contributed by atoms with van der Waals surface area (Å²) in [5.74, 6) is -2.57. The van der Waals surface area contributed by atoms with Crippen LogP contribution in [0.15, 0.2) is 21.6 Å². The van der Waals surface area contributed by atoms with Gasteiger partial charge in [-0.1, -0.05) is 13.8 Å². The van der Waals surface area contributed by atoms with Crippen LogP contribution in [-0.2, 0) is 14.8 Å². The van der Waals surface area contributed by atoms with E-state index in [0.717, 1.165) is 6.07 Å². The van der Waals surface area contributed by atoms with Crippen molar-refractivity contribution in [2.24, 2.45) is 5.92 Å². The lowest BCUT2D eigenvalue weighted by molar-refractivity contribution is -0.140. The first kappa shape index (κ1) is 16.2. The quantitative estimate of drug-likeness (QED) is 0.680. The van der Waals surface area contributed by atoms with Crippen molar-refractivity contribution in [3.8, 4) is 0 Å². The van der Waals surface area contributed by atoms with Crippen LogP contribution >= 0.6 is 0 Å². The number of carbonyl (C=O) groups is 2. The minimum Gasteiger partial charge on any atom is -0.480 e. The molecule has 0 aliphatic heterocycles. The fourth-order valence-electron chi connectivity index (χ4n) is 1.41. The third-order valence-electron chi connectivity index (χ3n) is 2.56. The molecule has 0 aliphatic rings. The fourth-order valence-corrected chi connectivity index (χ4v) is 2.06. The van der Waals surface area contributed by atoms with Gasteiger partial charge in [-0.05, 0) is 25.1 Å². The van der Waals surface area contributed by atoms with E-state index in [2.05, 4.69) is 5.32 Å². The first-order valence-electron chi connectivity index (χ1n) is 5.76. The summed E-state index contributed by atoms with van der Waals surface area (Å²) in [5, 5.41) is 10.8. The molecule has 0 aliphatic carbocycles. The summed E-state index contributed by atoms with van der Waals surface area (Å²) < 4.78 is 29.8. The summed E-state index contributed by atoms with van der Waals surface area (Å²) in [5.41, 5.74) is 0. The van der Waals surface area contributed by atoms with E-state index in [1.54, 1.807) is 13.8 Å². The van der Waals surface area contributed by atoms with Crippen LogP contribution in [0.5, 0.6) is 0 Å². The van der Waals surface area contributed by atoms with Crippen LogP contribution in [0.25, 0.3) is 0 Å². The Balaban J connectivity index is 2.92. The maximum absolute atomic E-state index is 11.8. The van der Waals surface area contributed by atoms with Crippen LogP contribution in [0.1, 0.15) is 24.4 Å². The molecular weight excluding hydrogens is 288 g/mol. The number of rotatable bonds is 6. The Morgan fingerprint density at radius 3 is 2.35 bits per heavy atom. The molecule has 0 unspecified atom stereocenters. The van der Waals surface area contributed by atoms with E-state index in [1.165, 1.54) is 13.1 Å². The molecule has 0 saturated carbocycles. The first-order valence-corrected chi connectivity index (χ1v) is 7.24. The number of hydrogen-bond acceptors (Lipinski definition) is 5. The summed E-state index contributed by atoms with van der Waals surface area (Å²) in [4.78, 5) is 22.8. The van der Waals surface area contributed by atoms with Gasteiger partial charge in [-0.2, -0.15) is 0 Å². The van der Waals surface area contributed by atoms with Crippen molar-refractivity contribution >= 4 is 21.9 Å². The van der Waals surface area contributed by atoms with E-state index in [4.69, 9.17) is 9.52 Å². The molecule has 0 bridgehead atoms. The number of carboxylic acids is 1. The Morgan fingerprint density at radius 1 is 1.30 bits per heavy atom. The second kappa shape index (κ2) is 6.06. The van der Waals surface area contributed by atoms with Crippen LogP contribution in [0.2, 0.25) is 0 Å². The molecule has 0 spiro atoms. The van der Waals surface area contributed by atoms with Crippen LogP contribution < -0.4 is 10.0 Å². The molecular formula is C11H16N2O6S. The van der Waals surface area contributed by atoms with Crippen LogP contribution in [0.4, 0.5) is 0 Å². The van der Waals surface area contributed by atoms with Crippen molar-refractivity contribution in [1.82, 2.24) is 10.0 Å². The first-order chi connectivity index (χ1) is 9.19. The summed E-state index contributed by atoms with van der Waals surface area (Å²) in [6.07, 6.45) is 0.